The highest BCUT2D eigenvalue weighted by Crippen LogP contribution is 2.30. The average Bonchev–Trinajstić information content (AvgIpc) is 3.03. The average molecular weight is 417 g/mol. The molecule has 5 nitrogen and oxygen atoms in total. The molecule has 0 unspecified atom stereocenters. The molecule has 0 radical (unpaired) electrons. The van der Waals surface area contributed by atoms with Gasteiger partial charge in [0.15, 0.2) is 0 Å². The topological polar surface area (TPSA) is 66.5 Å². The van der Waals surface area contributed by atoms with E-state index in [1.165, 1.54) is 11.8 Å². The summed E-state index contributed by atoms with van der Waals surface area (Å²) in [7, 11) is 0. The van der Waals surface area contributed by atoms with Crippen molar-refractivity contribution in [1.29, 1.82) is 0 Å². The van der Waals surface area contributed by atoms with Crippen molar-refractivity contribution in [3.05, 3.63) is 95.6 Å². The monoisotopic (exact) mass is 416 g/mol. The van der Waals surface area contributed by atoms with Crippen molar-refractivity contribution in [2.75, 3.05) is 10.2 Å². The molecule has 6 heteroatoms. The van der Waals surface area contributed by atoms with E-state index in [1.807, 2.05) is 43.3 Å². The van der Waals surface area contributed by atoms with Crippen molar-refractivity contribution >= 4 is 40.9 Å². The molecule has 150 valence electrons. The Morgan fingerprint density at radius 3 is 2.23 bits per heavy atom. The predicted octanol–water partition coefficient (Wildman–Crippen LogP) is 4.75. The molecule has 0 saturated heterocycles. The summed E-state index contributed by atoms with van der Waals surface area (Å²) in [6, 6.07) is 23.6. The molecule has 0 fully saturated rings. The van der Waals surface area contributed by atoms with E-state index in [-0.39, 0.29) is 23.0 Å². The van der Waals surface area contributed by atoms with Gasteiger partial charge in [0.25, 0.3) is 11.8 Å². The normalized spacial score (nSPS) is 13.8. The zero-order chi connectivity index (χ0) is 21.1. The number of thioether (sulfide) groups is 1. The Hall–Kier alpha value is -3.38. The van der Waals surface area contributed by atoms with E-state index in [1.54, 1.807) is 42.5 Å². The largest absolute Gasteiger partial charge is 0.325 e. The quantitative estimate of drug-likeness (QED) is 0.589. The Labute approximate surface area is 179 Å². The first-order chi connectivity index (χ1) is 14.5. The number of para-hydroxylation sites is 1. The number of rotatable bonds is 6. The van der Waals surface area contributed by atoms with Gasteiger partial charge in [-0.15, -0.1) is 11.8 Å². The van der Waals surface area contributed by atoms with Crippen LogP contribution in [0, 0.1) is 0 Å². The van der Waals surface area contributed by atoms with Crippen LogP contribution in [0.2, 0.25) is 0 Å². The summed E-state index contributed by atoms with van der Waals surface area (Å²) < 4.78 is 0. The summed E-state index contributed by atoms with van der Waals surface area (Å²) in [5.74, 6) is -0.152. The Bertz CT molecular complexity index is 1100. The number of carbonyl (C=O) groups is 3. The van der Waals surface area contributed by atoms with Gasteiger partial charge in [0.1, 0.15) is 0 Å². The number of hydrogen-bond acceptors (Lipinski definition) is 4. The number of hydrogen-bond donors (Lipinski definition) is 1. The van der Waals surface area contributed by atoms with Gasteiger partial charge in [0.05, 0.1) is 22.1 Å². The lowest BCUT2D eigenvalue weighted by Crippen LogP contribution is -2.29. The maximum absolute atomic E-state index is 12.8. The fraction of sp³-hybridized carbons (Fsp3) is 0.125. The van der Waals surface area contributed by atoms with Gasteiger partial charge in [-0.25, -0.2) is 4.90 Å². The minimum absolute atomic E-state index is 0.146. The SMILES string of the molecule is C[C@@H](SCc1ccccc1)C(=O)Nc1ccc2c(c1)C(=O)N(c1ccccc1)C2=O. The van der Waals surface area contributed by atoms with Crippen molar-refractivity contribution in [1.82, 2.24) is 0 Å². The lowest BCUT2D eigenvalue weighted by molar-refractivity contribution is -0.115. The molecule has 1 atom stereocenters. The van der Waals surface area contributed by atoms with E-state index in [0.29, 0.717) is 22.5 Å². The number of benzene rings is 3. The van der Waals surface area contributed by atoms with Crippen molar-refractivity contribution in [2.24, 2.45) is 0 Å². The summed E-state index contributed by atoms with van der Waals surface area (Å²) in [5.41, 5.74) is 2.83. The molecule has 0 aromatic heterocycles. The molecule has 1 N–H and O–H groups in total. The lowest BCUT2D eigenvalue weighted by Gasteiger charge is -2.13. The third kappa shape index (κ3) is 4.00. The zero-order valence-electron chi connectivity index (χ0n) is 16.4. The Morgan fingerprint density at radius 1 is 0.900 bits per heavy atom. The molecule has 0 saturated carbocycles. The van der Waals surface area contributed by atoms with E-state index in [9.17, 15) is 14.4 Å². The van der Waals surface area contributed by atoms with Gasteiger partial charge in [-0.05, 0) is 42.8 Å². The number of imide groups is 1. The van der Waals surface area contributed by atoms with Gasteiger partial charge in [0, 0.05) is 11.4 Å². The van der Waals surface area contributed by atoms with Crippen LogP contribution in [0.5, 0.6) is 0 Å². The van der Waals surface area contributed by atoms with Gasteiger partial charge in [-0.1, -0.05) is 48.5 Å². The maximum Gasteiger partial charge on any atom is 0.266 e. The zero-order valence-corrected chi connectivity index (χ0v) is 17.2. The van der Waals surface area contributed by atoms with Crippen LogP contribution in [-0.2, 0) is 10.5 Å². The van der Waals surface area contributed by atoms with Gasteiger partial charge in [-0.3, -0.25) is 14.4 Å². The third-order valence-electron chi connectivity index (χ3n) is 4.88. The number of carbonyl (C=O) groups excluding carboxylic acids is 3. The van der Waals surface area contributed by atoms with Gasteiger partial charge < -0.3 is 5.32 Å². The van der Waals surface area contributed by atoms with E-state index in [0.717, 1.165) is 16.2 Å². The Kier molecular flexibility index (Phi) is 5.68. The fourth-order valence-corrected chi connectivity index (χ4v) is 4.09. The fourth-order valence-electron chi connectivity index (χ4n) is 3.25. The van der Waals surface area contributed by atoms with Crippen LogP contribution in [0.4, 0.5) is 11.4 Å². The van der Waals surface area contributed by atoms with Crippen LogP contribution in [0.3, 0.4) is 0 Å². The van der Waals surface area contributed by atoms with Crippen molar-refractivity contribution < 1.29 is 14.4 Å². The highest BCUT2D eigenvalue weighted by molar-refractivity contribution is 7.99. The number of nitrogens with zero attached hydrogens (tertiary/aromatic N) is 1. The van der Waals surface area contributed by atoms with Crippen LogP contribution in [0.1, 0.15) is 33.2 Å². The smallest absolute Gasteiger partial charge is 0.266 e. The number of fused-ring (bicyclic) bond motifs is 1. The molecular formula is C24H20N2O3S. The van der Waals surface area contributed by atoms with Crippen LogP contribution in [0.25, 0.3) is 0 Å². The maximum atomic E-state index is 12.8. The number of nitrogens with one attached hydrogen (secondary N) is 1. The summed E-state index contributed by atoms with van der Waals surface area (Å²) in [5, 5.41) is 2.59. The first-order valence-corrected chi connectivity index (χ1v) is 10.6. The third-order valence-corrected chi connectivity index (χ3v) is 6.09. The van der Waals surface area contributed by atoms with Crippen LogP contribution in [-0.4, -0.2) is 23.0 Å². The highest BCUT2D eigenvalue weighted by Gasteiger charge is 2.36. The molecule has 1 aliphatic rings. The molecule has 1 aliphatic heterocycles. The molecule has 0 aliphatic carbocycles. The Morgan fingerprint density at radius 2 is 1.53 bits per heavy atom. The first kappa shape index (κ1) is 19.9. The highest BCUT2D eigenvalue weighted by atomic mass is 32.2. The molecule has 30 heavy (non-hydrogen) atoms. The standard InChI is InChI=1S/C24H20N2O3S/c1-16(30-15-17-8-4-2-5-9-17)22(27)25-18-12-13-20-21(14-18)24(29)26(23(20)28)19-10-6-3-7-11-19/h2-14,16H,15H2,1H3,(H,25,27)/t16-/m1/s1. The van der Waals surface area contributed by atoms with Crippen molar-refractivity contribution in [3.63, 3.8) is 0 Å². The van der Waals surface area contributed by atoms with E-state index < -0.39 is 0 Å². The van der Waals surface area contributed by atoms with Crippen molar-refractivity contribution in [3.8, 4) is 0 Å². The summed E-state index contributed by atoms with van der Waals surface area (Å²) in [6.45, 7) is 1.85. The summed E-state index contributed by atoms with van der Waals surface area (Å²) >= 11 is 1.54. The van der Waals surface area contributed by atoms with Crippen LogP contribution < -0.4 is 10.2 Å². The molecular weight excluding hydrogens is 396 g/mol. The van der Waals surface area contributed by atoms with Crippen molar-refractivity contribution in [2.45, 2.75) is 17.9 Å². The predicted molar refractivity (Wildman–Crippen MR) is 120 cm³/mol. The molecule has 0 bridgehead atoms. The van der Waals surface area contributed by atoms with Gasteiger partial charge in [0.2, 0.25) is 5.91 Å². The van der Waals surface area contributed by atoms with Crippen LogP contribution >= 0.6 is 11.8 Å². The van der Waals surface area contributed by atoms with Gasteiger partial charge in [-0.2, -0.15) is 0 Å². The summed E-state index contributed by atoms with van der Waals surface area (Å²) in [6.07, 6.45) is 0. The molecule has 1 heterocycles. The second kappa shape index (κ2) is 8.55. The van der Waals surface area contributed by atoms with Crippen LogP contribution in [0.15, 0.2) is 78.9 Å². The number of anilines is 2. The van der Waals surface area contributed by atoms with E-state index in [4.69, 9.17) is 0 Å². The minimum atomic E-state index is -0.385. The summed E-state index contributed by atoms with van der Waals surface area (Å²) in [4.78, 5) is 39.2. The lowest BCUT2D eigenvalue weighted by atomic mass is 10.1. The number of amides is 3. The first-order valence-electron chi connectivity index (χ1n) is 9.59. The molecule has 3 aromatic rings. The van der Waals surface area contributed by atoms with E-state index in [2.05, 4.69) is 5.32 Å². The second-order valence-electron chi connectivity index (χ2n) is 6.97. The molecule has 4 rings (SSSR count). The molecule has 0 spiro atoms. The second-order valence-corrected chi connectivity index (χ2v) is 8.30. The van der Waals surface area contributed by atoms with Gasteiger partial charge >= 0.3 is 0 Å². The Balaban J connectivity index is 1.45. The molecule has 3 amide bonds. The van der Waals surface area contributed by atoms with E-state index >= 15 is 0 Å². The minimum Gasteiger partial charge on any atom is -0.325 e. The molecule has 3 aromatic carbocycles.